The number of Topliss-reactive ketones (excluding diaryl/α,β-unsaturated/α-hetero) is 1. The second-order valence-corrected chi connectivity index (χ2v) is 7.96. The van der Waals surface area contributed by atoms with E-state index in [4.69, 9.17) is 23.2 Å². The van der Waals surface area contributed by atoms with Gasteiger partial charge in [-0.1, -0.05) is 65.3 Å². The summed E-state index contributed by atoms with van der Waals surface area (Å²) in [6, 6.07) is 13.0. The van der Waals surface area contributed by atoms with Crippen LogP contribution in [-0.4, -0.2) is 39.5 Å². The summed E-state index contributed by atoms with van der Waals surface area (Å²) in [6.07, 6.45) is -0.228. The molecular formula is C19H14Cl2N2O4S. The first-order chi connectivity index (χ1) is 13.3. The van der Waals surface area contributed by atoms with Gasteiger partial charge in [-0.2, -0.15) is 0 Å². The second-order valence-electron chi connectivity index (χ2n) is 5.96. The van der Waals surface area contributed by atoms with E-state index in [1.54, 1.807) is 36.4 Å². The van der Waals surface area contributed by atoms with Gasteiger partial charge in [0, 0.05) is 17.0 Å². The zero-order valence-electron chi connectivity index (χ0n) is 14.4. The zero-order chi connectivity index (χ0) is 20.3. The maximum atomic E-state index is 12.5. The first kappa shape index (κ1) is 20.4. The second kappa shape index (κ2) is 8.77. The fraction of sp³-hybridized carbons (Fsp3) is 0.158. The van der Waals surface area contributed by atoms with E-state index in [1.165, 1.54) is 12.1 Å². The van der Waals surface area contributed by atoms with Crippen molar-refractivity contribution in [1.29, 1.82) is 0 Å². The average molecular weight is 437 g/mol. The third-order valence-corrected chi connectivity index (χ3v) is 5.62. The molecule has 3 amide bonds. The molecule has 1 aliphatic heterocycles. The number of nitrogens with one attached hydrogen (secondary N) is 1. The predicted molar refractivity (Wildman–Crippen MR) is 109 cm³/mol. The maximum absolute atomic E-state index is 12.5. The van der Waals surface area contributed by atoms with Crippen LogP contribution in [0.1, 0.15) is 16.8 Å². The van der Waals surface area contributed by atoms with Gasteiger partial charge in [0.15, 0.2) is 5.78 Å². The number of carbonyl (C=O) groups is 4. The quantitative estimate of drug-likeness (QED) is 0.683. The van der Waals surface area contributed by atoms with Crippen LogP contribution in [0.2, 0.25) is 10.0 Å². The Morgan fingerprint density at radius 2 is 1.79 bits per heavy atom. The number of benzene rings is 2. The van der Waals surface area contributed by atoms with E-state index >= 15 is 0 Å². The van der Waals surface area contributed by atoms with Gasteiger partial charge in [-0.05, 0) is 18.2 Å². The minimum atomic E-state index is -0.894. The summed E-state index contributed by atoms with van der Waals surface area (Å²) in [5.41, 5.74) is 0.724. The molecule has 1 saturated heterocycles. The summed E-state index contributed by atoms with van der Waals surface area (Å²) in [7, 11) is 0. The molecule has 28 heavy (non-hydrogen) atoms. The summed E-state index contributed by atoms with van der Waals surface area (Å²) in [4.78, 5) is 50.1. The van der Waals surface area contributed by atoms with E-state index in [9.17, 15) is 19.2 Å². The normalized spacial score (nSPS) is 16.4. The number of nitrogens with zero attached hydrogens (tertiary/aromatic N) is 1. The predicted octanol–water partition coefficient (Wildman–Crippen LogP) is 4.27. The summed E-state index contributed by atoms with van der Waals surface area (Å²) >= 11 is 12.6. The van der Waals surface area contributed by atoms with E-state index in [-0.39, 0.29) is 18.7 Å². The van der Waals surface area contributed by atoms with E-state index in [0.717, 1.165) is 16.7 Å². The minimum absolute atomic E-state index is 0.228. The molecule has 0 aromatic heterocycles. The lowest BCUT2D eigenvalue weighted by molar-refractivity contribution is -0.128. The number of anilines is 1. The first-order valence-electron chi connectivity index (χ1n) is 8.20. The molecule has 0 radical (unpaired) electrons. The number of hydrogen-bond donors (Lipinski definition) is 1. The highest BCUT2D eigenvalue weighted by atomic mass is 35.5. The van der Waals surface area contributed by atoms with Crippen molar-refractivity contribution in [3.05, 3.63) is 64.1 Å². The molecule has 0 aliphatic carbocycles. The van der Waals surface area contributed by atoms with Gasteiger partial charge in [-0.15, -0.1) is 0 Å². The number of ketones is 1. The van der Waals surface area contributed by atoms with Crippen LogP contribution < -0.4 is 5.32 Å². The highest BCUT2D eigenvalue weighted by molar-refractivity contribution is 8.15. The van der Waals surface area contributed by atoms with Gasteiger partial charge in [0.05, 0.1) is 17.3 Å². The number of rotatable bonds is 6. The Balaban J connectivity index is 1.62. The number of halogens is 2. The van der Waals surface area contributed by atoms with Crippen molar-refractivity contribution in [2.24, 2.45) is 0 Å². The number of carbonyl (C=O) groups excluding carboxylic acids is 4. The van der Waals surface area contributed by atoms with Crippen molar-refractivity contribution in [3.8, 4) is 0 Å². The lowest BCUT2D eigenvalue weighted by Gasteiger charge is -2.13. The molecule has 1 heterocycles. The lowest BCUT2D eigenvalue weighted by atomic mass is 10.1. The van der Waals surface area contributed by atoms with Crippen LogP contribution in [0.4, 0.5) is 10.5 Å². The third-order valence-electron chi connectivity index (χ3n) is 3.98. The van der Waals surface area contributed by atoms with Crippen molar-refractivity contribution >= 4 is 63.5 Å². The van der Waals surface area contributed by atoms with E-state index < -0.39 is 22.3 Å². The van der Waals surface area contributed by atoms with E-state index in [0.29, 0.717) is 21.3 Å². The largest absolute Gasteiger partial charge is 0.325 e. The summed E-state index contributed by atoms with van der Waals surface area (Å²) < 4.78 is 0. The van der Waals surface area contributed by atoms with Crippen LogP contribution in [0.3, 0.4) is 0 Å². The maximum Gasteiger partial charge on any atom is 0.289 e. The highest BCUT2D eigenvalue weighted by Gasteiger charge is 2.41. The number of imide groups is 1. The Hall–Kier alpha value is -2.35. The summed E-state index contributed by atoms with van der Waals surface area (Å²) in [6.45, 7) is -0.354. The lowest BCUT2D eigenvalue weighted by Crippen LogP contribution is -2.36. The molecular weight excluding hydrogens is 423 g/mol. The fourth-order valence-electron chi connectivity index (χ4n) is 2.59. The monoisotopic (exact) mass is 436 g/mol. The molecule has 9 heteroatoms. The summed E-state index contributed by atoms with van der Waals surface area (Å²) in [5.74, 6) is -1.40. The van der Waals surface area contributed by atoms with E-state index in [2.05, 4.69) is 5.32 Å². The Labute approximate surface area is 175 Å². The van der Waals surface area contributed by atoms with Crippen LogP contribution in [-0.2, 0) is 9.59 Å². The molecule has 2 aromatic carbocycles. The van der Waals surface area contributed by atoms with Crippen LogP contribution in [0, 0.1) is 0 Å². The molecule has 0 spiro atoms. The van der Waals surface area contributed by atoms with Crippen LogP contribution in [0.5, 0.6) is 0 Å². The van der Waals surface area contributed by atoms with Gasteiger partial charge in [0.1, 0.15) is 5.25 Å². The van der Waals surface area contributed by atoms with Gasteiger partial charge >= 0.3 is 0 Å². The summed E-state index contributed by atoms with van der Waals surface area (Å²) in [5, 5.41) is 1.83. The Kier molecular flexibility index (Phi) is 6.39. The van der Waals surface area contributed by atoms with Gasteiger partial charge in [0.2, 0.25) is 11.8 Å². The Morgan fingerprint density at radius 3 is 2.50 bits per heavy atom. The Bertz CT molecular complexity index is 952. The molecule has 144 valence electrons. The number of hydrogen-bond acceptors (Lipinski definition) is 5. The van der Waals surface area contributed by atoms with E-state index in [1.807, 2.05) is 0 Å². The topological polar surface area (TPSA) is 83.6 Å². The van der Waals surface area contributed by atoms with Gasteiger partial charge in [-0.25, -0.2) is 0 Å². The molecule has 0 saturated carbocycles. The molecule has 0 unspecified atom stereocenters. The van der Waals surface area contributed by atoms with Crippen molar-refractivity contribution < 1.29 is 19.2 Å². The molecule has 1 atom stereocenters. The molecule has 1 fully saturated rings. The molecule has 1 aliphatic rings. The van der Waals surface area contributed by atoms with Crippen molar-refractivity contribution in [1.82, 2.24) is 4.90 Å². The van der Waals surface area contributed by atoms with Gasteiger partial charge in [-0.3, -0.25) is 24.1 Å². The van der Waals surface area contributed by atoms with Crippen LogP contribution >= 0.6 is 35.0 Å². The highest BCUT2D eigenvalue weighted by Crippen LogP contribution is 2.31. The SMILES string of the molecule is O=C(C[C@@H]1SC(=O)N(CC(=O)c2ccccc2)C1=O)Nc1cc(Cl)ccc1Cl. The van der Waals surface area contributed by atoms with Crippen molar-refractivity contribution in [3.63, 3.8) is 0 Å². The first-order valence-corrected chi connectivity index (χ1v) is 9.84. The molecule has 0 bridgehead atoms. The Morgan fingerprint density at radius 1 is 1.07 bits per heavy atom. The fourth-order valence-corrected chi connectivity index (χ4v) is 3.92. The van der Waals surface area contributed by atoms with Crippen molar-refractivity contribution in [2.45, 2.75) is 11.7 Å². The molecule has 1 N–H and O–H groups in total. The third kappa shape index (κ3) is 4.73. The average Bonchev–Trinajstić information content (AvgIpc) is 2.92. The smallest absolute Gasteiger partial charge is 0.289 e. The molecule has 2 aromatic rings. The minimum Gasteiger partial charge on any atom is -0.325 e. The number of thioether (sulfide) groups is 1. The molecule has 6 nitrogen and oxygen atoms in total. The van der Waals surface area contributed by atoms with Crippen LogP contribution in [0.15, 0.2) is 48.5 Å². The number of amides is 3. The van der Waals surface area contributed by atoms with Crippen molar-refractivity contribution in [2.75, 3.05) is 11.9 Å². The van der Waals surface area contributed by atoms with Gasteiger partial charge < -0.3 is 5.32 Å². The van der Waals surface area contributed by atoms with Crippen LogP contribution in [0.25, 0.3) is 0 Å². The molecule has 3 rings (SSSR count). The zero-order valence-corrected chi connectivity index (χ0v) is 16.7. The standard InChI is InChI=1S/C19H14Cl2N2O4S/c20-12-6-7-13(21)14(8-12)22-17(25)9-16-18(26)23(19(27)28-16)10-15(24)11-4-2-1-3-5-11/h1-8,16H,9-10H2,(H,22,25)/t16-/m0/s1. The van der Waals surface area contributed by atoms with Gasteiger partial charge in [0.25, 0.3) is 5.24 Å².